The van der Waals surface area contributed by atoms with Gasteiger partial charge in [-0.25, -0.2) is 17.6 Å². The van der Waals surface area contributed by atoms with Crippen molar-refractivity contribution in [1.82, 2.24) is 0 Å². The maximum absolute atomic E-state index is 14.2. The molecule has 1 aliphatic carbocycles. The third kappa shape index (κ3) is 3.88. The van der Waals surface area contributed by atoms with Crippen LogP contribution in [0.25, 0.3) is 0 Å². The standard InChI is InChI=1S/C21H22F4/c1-2-3-14-11-19(23)16(20(24)12-14)8-5-13-4-6-15-7-9-18(22)21(25)17(15)10-13/h7,9,11-13H,2-6,8,10H2,1H3. The third-order valence-electron chi connectivity index (χ3n) is 5.15. The van der Waals surface area contributed by atoms with Crippen molar-refractivity contribution in [2.75, 3.05) is 0 Å². The second-order valence-corrected chi connectivity index (χ2v) is 6.93. The summed E-state index contributed by atoms with van der Waals surface area (Å²) in [5.74, 6) is -2.50. The highest BCUT2D eigenvalue weighted by Crippen LogP contribution is 2.32. The third-order valence-corrected chi connectivity index (χ3v) is 5.15. The van der Waals surface area contributed by atoms with Crippen LogP contribution in [0.15, 0.2) is 24.3 Å². The molecule has 0 bridgehead atoms. The predicted molar refractivity (Wildman–Crippen MR) is 90.5 cm³/mol. The van der Waals surface area contributed by atoms with Gasteiger partial charge in [0, 0.05) is 5.56 Å². The zero-order valence-corrected chi connectivity index (χ0v) is 14.3. The molecule has 0 amide bonds. The molecule has 2 aromatic rings. The van der Waals surface area contributed by atoms with Gasteiger partial charge < -0.3 is 0 Å². The molecule has 0 aliphatic heterocycles. The number of halogens is 4. The fraction of sp³-hybridized carbons (Fsp3) is 0.429. The minimum atomic E-state index is -0.831. The summed E-state index contributed by atoms with van der Waals surface area (Å²) in [5, 5.41) is 0. The van der Waals surface area contributed by atoms with Crippen molar-refractivity contribution in [2.24, 2.45) is 5.92 Å². The van der Waals surface area contributed by atoms with E-state index in [0.717, 1.165) is 24.5 Å². The summed E-state index contributed by atoms with van der Waals surface area (Å²) in [7, 11) is 0. The number of rotatable bonds is 5. The Morgan fingerprint density at radius 3 is 2.36 bits per heavy atom. The molecule has 1 aliphatic rings. The zero-order chi connectivity index (χ0) is 18.0. The molecule has 1 atom stereocenters. The van der Waals surface area contributed by atoms with Crippen LogP contribution < -0.4 is 0 Å². The zero-order valence-electron chi connectivity index (χ0n) is 14.3. The van der Waals surface area contributed by atoms with Crippen molar-refractivity contribution in [3.8, 4) is 0 Å². The molecular formula is C21H22F4. The van der Waals surface area contributed by atoms with Crippen LogP contribution in [0, 0.1) is 29.2 Å². The van der Waals surface area contributed by atoms with Gasteiger partial charge in [0.1, 0.15) is 11.6 Å². The van der Waals surface area contributed by atoms with E-state index < -0.39 is 23.3 Å². The lowest BCUT2D eigenvalue weighted by molar-refractivity contribution is 0.399. The van der Waals surface area contributed by atoms with Gasteiger partial charge >= 0.3 is 0 Å². The van der Waals surface area contributed by atoms with Crippen molar-refractivity contribution < 1.29 is 17.6 Å². The van der Waals surface area contributed by atoms with E-state index in [1.54, 1.807) is 6.07 Å². The molecule has 0 heterocycles. The van der Waals surface area contributed by atoms with Crippen molar-refractivity contribution in [3.63, 3.8) is 0 Å². The largest absolute Gasteiger partial charge is 0.207 e. The maximum atomic E-state index is 14.2. The van der Waals surface area contributed by atoms with Crippen molar-refractivity contribution in [3.05, 3.63) is 69.8 Å². The van der Waals surface area contributed by atoms with Crippen LogP contribution in [-0.2, 0) is 25.7 Å². The fourth-order valence-electron chi connectivity index (χ4n) is 3.76. The monoisotopic (exact) mass is 350 g/mol. The molecule has 1 unspecified atom stereocenters. The molecule has 0 spiro atoms. The fourth-order valence-corrected chi connectivity index (χ4v) is 3.76. The van der Waals surface area contributed by atoms with E-state index in [4.69, 9.17) is 0 Å². The molecule has 134 valence electrons. The Hall–Kier alpha value is -1.84. The Bertz CT molecular complexity index is 744. The highest BCUT2D eigenvalue weighted by Gasteiger charge is 2.24. The Balaban J connectivity index is 1.70. The molecule has 25 heavy (non-hydrogen) atoms. The first-order valence-corrected chi connectivity index (χ1v) is 8.92. The summed E-state index contributed by atoms with van der Waals surface area (Å²) in [6, 6.07) is 5.62. The van der Waals surface area contributed by atoms with Crippen LogP contribution in [0.1, 0.15) is 48.4 Å². The van der Waals surface area contributed by atoms with Gasteiger partial charge in [-0.3, -0.25) is 0 Å². The molecule has 0 fully saturated rings. The van der Waals surface area contributed by atoms with E-state index in [1.807, 2.05) is 6.92 Å². The maximum Gasteiger partial charge on any atom is 0.162 e. The molecule has 3 rings (SSSR count). The van der Waals surface area contributed by atoms with Crippen molar-refractivity contribution in [2.45, 2.75) is 51.9 Å². The Labute approximate surface area is 145 Å². The highest BCUT2D eigenvalue weighted by atomic mass is 19.2. The second-order valence-electron chi connectivity index (χ2n) is 6.93. The number of fused-ring (bicyclic) bond motifs is 1. The minimum absolute atomic E-state index is 0.102. The number of benzene rings is 2. The summed E-state index contributed by atoms with van der Waals surface area (Å²) in [6.07, 6.45) is 4.26. The number of aryl methyl sites for hydroxylation is 2. The van der Waals surface area contributed by atoms with Crippen molar-refractivity contribution in [1.29, 1.82) is 0 Å². The van der Waals surface area contributed by atoms with Gasteiger partial charge in [-0.05, 0) is 79.3 Å². The highest BCUT2D eigenvalue weighted by molar-refractivity contribution is 5.32. The van der Waals surface area contributed by atoms with E-state index in [9.17, 15) is 17.6 Å². The van der Waals surface area contributed by atoms with Crippen LogP contribution in [0.2, 0.25) is 0 Å². The summed E-state index contributed by atoms with van der Waals surface area (Å²) in [6.45, 7) is 1.96. The first-order chi connectivity index (χ1) is 12.0. The molecule has 0 radical (unpaired) electrons. The van der Waals surface area contributed by atoms with Gasteiger partial charge in [-0.2, -0.15) is 0 Å². The first-order valence-electron chi connectivity index (χ1n) is 8.92. The van der Waals surface area contributed by atoms with Gasteiger partial charge in [0.15, 0.2) is 11.6 Å². The van der Waals surface area contributed by atoms with Crippen LogP contribution in [0.5, 0.6) is 0 Å². The molecule has 0 saturated heterocycles. The molecule has 0 nitrogen and oxygen atoms in total. The van der Waals surface area contributed by atoms with E-state index >= 15 is 0 Å². The van der Waals surface area contributed by atoms with Crippen LogP contribution in [0.3, 0.4) is 0 Å². The quantitative estimate of drug-likeness (QED) is 0.586. The van der Waals surface area contributed by atoms with Gasteiger partial charge in [-0.15, -0.1) is 0 Å². The lowest BCUT2D eigenvalue weighted by atomic mass is 9.80. The lowest BCUT2D eigenvalue weighted by Gasteiger charge is -2.25. The summed E-state index contributed by atoms with van der Waals surface area (Å²) < 4.78 is 55.8. The molecule has 2 aromatic carbocycles. The molecule has 0 aromatic heterocycles. The SMILES string of the molecule is CCCc1cc(F)c(CCC2CCc3ccc(F)c(F)c3C2)c(F)c1. The normalized spacial score (nSPS) is 16.8. The predicted octanol–water partition coefficient (Wildman–Crippen LogP) is 5.93. The number of hydrogen-bond acceptors (Lipinski definition) is 0. The molecule has 4 heteroatoms. The van der Waals surface area contributed by atoms with Gasteiger partial charge in [-0.1, -0.05) is 19.4 Å². The Morgan fingerprint density at radius 2 is 1.68 bits per heavy atom. The Morgan fingerprint density at radius 1 is 0.960 bits per heavy atom. The first kappa shape index (κ1) is 18.0. The topological polar surface area (TPSA) is 0 Å². The Kier molecular flexibility index (Phi) is 5.45. The smallest absolute Gasteiger partial charge is 0.162 e. The summed E-state index contributed by atoms with van der Waals surface area (Å²) in [5.41, 5.74) is 2.04. The van der Waals surface area contributed by atoms with Crippen LogP contribution in [0.4, 0.5) is 17.6 Å². The molecular weight excluding hydrogens is 328 g/mol. The van der Waals surface area contributed by atoms with E-state index in [-0.39, 0.29) is 17.9 Å². The van der Waals surface area contributed by atoms with Crippen LogP contribution in [-0.4, -0.2) is 0 Å². The number of hydrogen-bond donors (Lipinski definition) is 0. The van der Waals surface area contributed by atoms with E-state index in [2.05, 4.69) is 0 Å². The lowest BCUT2D eigenvalue weighted by Crippen LogP contribution is -2.17. The minimum Gasteiger partial charge on any atom is -0.207 e. The van der Waals surface area contributed by atoms with Gasteiger partial charge in [0.25, 0.3) is 0 Å². The second kappa shape index (κ2) is 7.59. The average Bonchev–Trinajstić information content (AvgIpc) is 2.58. The summed E-state index contributed by atoms with van der Waals surface area (Å²) >= 11 is 0. The average molecular weight is 350 g/mol. The molecule has 0 saturated carbocycles. The van der Waals surface area contributed by atoms with Crippen LogP contribution >= 0.6 is 0 Å². The summed E-state index contributed by atoms with van der Waals surface area (Å²) in [4.78, 5) is 0. The van der Waals surface area contributed by atoms with E-state index in [0.29, 0.717) is 36.8 Å². The van der Waals surface area contributed by atoms with Crippen molar-refractivity contribution >= 4 is 0 Å². The van der Waals surface area contributed by atoms with Gasteiger partial charge in [0.05, 0.1) is 0 Å². The van der Waals surface area contributed by atoms with Gasteiger partial charge in [0.2, 0.25) is 0 Å². The van der Waals surface area contributed by atoms with E-state index in [1.165, 1.54) is 12.1 Å². The molecule has 0 N–H and O–H groups in total.